The zero-order valence-corrected chi connectivity index (χ0v) is 9.50. The first-order valence-corrected chi connectivity index (χ1v) is 5.89. The highest BCUT2D eigenvalue weighted by Gasteiger charge is 2.03. The van der Waals surface area contributed by atoms with Crippen molar-refractivity contribution in [3.8, 4) is 10.6 Å². The maximum Gasteiger partial charge on any atom is 0.0804 e. The molecule has 15 heavy (non-hydrogen) atoms. The molecule has 78 valence electrons. The van der Waals surface area contributed by atoms with Gasteiger partial charge in [-0.15, -0.1) is 11.3 Å². The Hall–Kier alpha value is -1.19. The second-order valence-corrected chi connectivity index (χ2v) is 4.62. The van der Waals surface area contributed by atoms with E-state index in [0.29, 0.717) is 0 Å². The van der Waals surface area contributed by atoms with Gasteiger partial charge in [-0.3, -0.25) is 4.98 Å². The number of pyridine rings is 1. The summed E-state index contributed by atoms with van der Waals surface area (Å²) >= 11 is 1.71. The van der Waals surface area contributed by atoms with Crippen LogP contribution in [0.1, 0.15) is 12.6 Å². The number of nitrogens with zero attached hydrogens (tertiary/aromatic N) is 1. The largest absolute Gasteiger partial charge is 0.328 e. The lowest BCUT2D eigenvalue weighted by atomic mass is 10.1. The SMILES string of the molecule is CC(N)Cc1cccc(-c2cccs2)n1. The van der Waals surface area contributed by atoms with Crippen LogP contribution in [0.3, 0.4) is 0 Å². The highest BCUT2D eigenvalue weighted by atomic mass is 32.1. The Labute approximate surface area is 93.8 Å². The standard InChI is InChI=1S/C12H14N2S/c1-9(13)8-10-4-2-5-11(14-10)12-6-3-7-15-12/h2-7,9H,8,13H2,1H3. The second-order valence-electron chi connectivity index (χ2n) is 3.67. The minimum atomic E-state index is 0.163. The van der Waals surface area contributed by atoms with Crippen LogP contribution in [-0.2, 0) is 6.42 Å². The molecule has 3 heteroatoms. The molecule has 0 spiro atoms. The Bertz CT molecular complexity index is 421. The van der Waals surface area contributed by atoms with Gasteiger partial charge in [0.05, 0.1) is 10.6 Å². The van der Waals surface area contributed by atoms with E-state index in [1.165, 1.54) is 4.88 Å². The third kappa shape index (κ3) is 2.64. The fourth-order valence-electron chi connectivity index (χ4n) is 1.48. The van der Waals surface area contributed by atoms with Crippen LogP contribution < -0.4 is 5.73 Å². The number of hydrogen-bond donors (Lipinski definition) is 1. The third-order valence-corrected chi connectivity index (χ3v) is 3.00. The summed E-state index contributed by atoms with van der Waals surface area (Å²) in [4.78, 5) is 5.80. The summed E-state index contributed by atoms with van der Waals surface area (Å²) in [6.07, 6.45) is 0.833. The van der Waals surface area contributed by atoms with E-state index in [9.17, 15) is 0 Å². The summed E-state index contributed by atoms with van der Waals surface area (Å²) in [5, 5.41) is 2.06. The fraction of sp³-hybridized carbons (Fsp3) is 0.250. The molecule has 0 saturated carbocycles. The Morgan fingerprint density at radius 2 is 2.20 bits per heavy atom. The summed E-state index contributed by atoms with van der Waals surface area (Å²) in [5.74, 6) is 0. The van der Waals surface area contributed by atoms with Crippen molar-refractivity contribution in [2.24, 2.45) is 5.73 Å². The van der Waals surface area contributed by atoms with E-state index in [-0.39, 0.29) is 6.04 Å². The molecule has 0 saturated heterocycles. The van der Waals surface area contributed by atoms with Crippen molar-refractivity contribution in [2.45, 2.75) is 19.4 Å². The van der Waals surface area contributed by atoms with Crippen LogP contribution in [-0.4, -0.2) is 11.0 Å². The van der Waals surface area contributed by atoms with Crippen molar-refractivity contribution in [3.63, 3.8) is 0 Å². The molecular weight excluding hydrogens is 204 g/mol. The minimum absolute atomic E-state index is 0.163. The first kappa shape index (κ1) is 10.3. The zero-order valence-electron chi connectivity index (χ0n) is 8.68. The van der Waals surface area contributed by atoms with E-state index in [1.807, 2.05) is 31.2 Å². The van der Waals surface area contributed by atoms with Gasteiger partial charge in [-0.25, -0.2) is 0 Å². The maximum atomic E-state index is 5.76. The second kappa shape index (κ2) is 4.55. The molecule has 2 heterocycles. The molecule has 0 amide bonds. The van der Waals surface area contributed by atoms with Gasteiger partial charge in [0.1, 0.15) is 0 Å². The Morgan fingerprint density at radius 1 is 1.33 bits per heavy atom. The number of rotatable bonds is 3. The van der Waals surface area contributed by atoms with E-state index >= 15 is 0 Å². The molecule has 2 aromatic heterocycles. The predicted octanol–water partition coefficient (Wildman–Crippen LogP) is 2.70. The molecule has 0 radical (unpaired) electrons. The van der Waals surface area contributed by atoms with Crippen molar-refractivity contribution < 1.29 is 0 Å². The van der Waals surface area contributed by atoms with Crippen LogP contribution in [0.4, 0.5) is 0 Å². The Balaban J connectivity index is 2.27. The number of aromatic nitrogens is 1. The summed E-state index contributed by atoms with van der Waals surface area (Å²) in [6.45, 7) is 2.00. The van der Waals surface area contributed by atoms with Gasteiger partial charge in [0.2, 0.25) is 0 Å². The van der Waals surface area contributed by atoms with Gasteiger partial charge < -0.3 is 5.73 Å². The van der Waals surface area contributed by atoms with Crippen molar-refractivity contribution in [1.82, 2.24) is 4.98 Å². The van der Waals surface area contributed by atoms with E-state index in [0.717, 1.165) is 17.8 Å². The van der Waals surface area contributed by atoms with E-state index in [4.69, 9.17) is 5.73 Å². The topological polar surface area (TPSA) is 38.9 Å². The summed E-state index contributed by atoms with van der Waals surface area (Å²) < 4.78 is 0. The van der Waals surface area contributed by atoms with Crippen molar-refractivity contribution >= 4 is 11.3 Å². The van der Waals surface area contributed by atoms with Crippen LogP contribution in [0.15, 0.2) is 35.7 Å². The van der Waals surface area contributed by atoms with Crippen molar-refractivity contribution in [3.05, 3.63) is 41.4 Å². The molecule has 0 aromatic carbocycles. The highest BCUT2D eigenvalue weighted by Crippen LogP contribution is 2.22. The van der Waals surface area contributed by atoms with Crippen molar-refractivity contribution in [1.29, 1.82) is 0 Å². The lowest BCUT2D eigenvalue weighted by Gasteiger charge is -2.05. The van der Waals surface area contributed by atoms with Crippen LogP contribution in [0.25, 0.3) is 10.6 Å². The normalized spacial score (nSPS) is 12.7. The molecule has 0 aliphatic heterocycles. The first-order chi connectivity index (χ1) is 7.25. The molecule has 1 atom stereocenters. The van der Waals surface area contributed by atoms with E-state index < -0.39 is 0 Å². The van der Waals surface area contributed by atoms with Gasteiger partial charge in [0.25, 0.3) is 0 Å². The average molecular weight is 218 g/mol. The molecular formula is C12H14N2S. The molecule has 2 N–H and O–H groups in total. The third-order valence-electron chi connectivity index (χ3n) is 2.11. The first-order valence-electron chi connectivity index (χ1n) is 5.01. The van der Waals surface area contributed by atoms with Crippen LogP contribution in [0.5, 0.6) is 0 Å². The lowest BCUT2D eigenvalue weighted by molar-refractivity contribution is 0.723. The van der Waals surface area contributed by atoms with Crippen LogP contribution in [0, 0.1) is 0 Å². The van der Waals surface area contributed by atoms with Gasteiger partial charge in [-0.05, 0) is 30.5 Å². The Morgan fingerprint density at radius 3 is 2.87 bits per heavy atom. The van der Waals surface area contributed by atoms with Crippen LogP contribution in [0.2, 0.25) is 0 Å². The average Bonchev–Trinajstić information content (AvgIpc) is 2.69. The molecule has 1 unspecified atom stereocenters. The number of hydrogen-bond acceptors (Lipinski definition) is 3. The maximum absolute atomic E-state index is 5.76. The van der Waals surface area contributed by atoms with Gasteiger partial charge in [-0.1, -0.05) is 12.1 Å². The number of nitrogens with two attached hydrogens (primary N) is 1. The molecule has 0 fully saturated rings. The van der Waals surface area contributed by atoms with E-state index in [1.54, 1.807) is 11.3 Å². The molecule has 2 rings (SSSR count). The molecule has 0 aliphatic carbocycles. The minimum Gasteiger partial charge on any atom is -0.328 e. The molecule has 0 bridgehead atoms. The summed E-state index contributed by atoms with van der Waals surface area (Å²) in [7, 11) is 0. The van der Waals surface area contributed by atoms with Crippen molar-refractivity contribution in [2.75, 3.05) is 0 Å². The smallest absolute Gasteiger partial charge is 0.0804 e. The Kier molecular flexibility index (Phi) is 3.14. The lowest BCUT2D eigenvalue weighted by Crippen LogP contribution is -2.18. The van der Waals surface area contributed by atoms with Gasteiger partial charge in [0, 0.05) is 18.2 Å². The number of thiophene rings is 1. The quantitative estimate of drug-likeness (QED) is 0.860. The summed E-state index contributed by atoms with van der Waals surface area (Å²) in [5.41, 5.74) is 7.87. The molecule has 2 nitrogen and oxygen atoms in total. The fourth-order valence-corrected chi connectivity index (χ4v) is 2.18. The van der Waals surface area contributed by atoms with Gasteiger partial charge in [0.15, 0.2) is 0 Å². The predicted molar refractivity (Wildman–Crippen MR) is 64.9 cm³/mol. The van der Waals surface area contributed by atoms with E-state index in [2.05, 4.69) is 16.4 Å². The van der Waals surface area contributed by atoms with Gasteiger partial charge >= 0.3 is 0 Å². The molecule has 2 aromatic rings. The van der Waals surface area contributed by atoms with Crippen LogP contribution >= 0.6 is 11.3 Å². The van der Waals surface area contributed by atoms with Gasteiger partial charge in [-0.2, -0.15) is 0 Å². The molecule has 0 aliphatic rings. The highest BCUT2D eigenvalue weighted by molar-refractivity contribution is 7.13. The zero-order chi connectivity index (χ0) is 10.7. The summed E-state index contributed by atoms with van der Waals surface area (Å²) in [6, 6.07) is 10.4. The monoisotopic (exact) mass is 218 g/mol.